The zero-order valence-corrected chi connectivity index (χ0v) is 12.9. The van der Waals surface area contributed by atoms with Crippen LogP contribution in [-0.2, 0) is 16.2 Å². The SMILES string of the molecule is C#Cc1ccc(COCCON2C(=O)c3ccccc3C2=O)cc1. The van der Waals surface area contributed by atoms with E-state index in [0.717, 1.165) is 16.2 Å². The molecule has 120 valence electrons. The highest BCUT2D eigenvalue weighted by Gasteiger charge is 2.36. The predicted octanol–water partition coefficient (Wildman–Crippen LogP) is 2.41. The molecule has 0 saturated carbocycles. The van der Waals surface area contributed by atoms with Crippen LogP contribution < -0.4 is 0 Å². The highest BCUT2D eigenvalue weighted by atomic mass is 16.7. The molecule has 0 N–H and O–H groups in total. The van der Waals surface area contributed by atoms with Crippen LogP contribution in [0.2, 0.25) is 0 Å². The smallest absolute Gasteiger partial charge is 0.285 e. The Balaban J connectivity index is 1.45. The third kappa shape index (κ3) is 3.20. The zero-order valence-electron chi connectivity index (χ0n) is 12.9. The van der Waals surface area contributed by atoms with Gasteiger partial charge in [-0.1, -0.05) is 30.2 Å². The Kier molecular flexibility index (Phi) is 4.71. The summed E-state index contributed by atoms with van der Waals surface area (Å²) >= 11 is 0. The lowest BCUT2D eigenvalue weighted by atomic mass is 10.1. The van der Waals surface area contributed by atoms with Gasteiger partial charge < -0.3 is 4.74 Å². The Morgan fingerprint density at radius 1 is 0.917 bits per heavy atom. The largest absolute Gasteiger partial charge is 0.374 e. The number of carbonyl (C=O) groups is 2. The van der Waals surface area contributed by atoms with Gasteiger partial charge in [-0.05, 0) is 29.8 Å². The zero-order chi connectivity index (χ0) is 16.9. The average molecular weight is 321 g/mol. The molecule has 0 saturated heterocycles. The first-order chi connectivity index (χ1) is 11.7. The first-order valence-electron chi connectivity index (χ1n) is 7.45. The van der Waals surface area contributed by atoms with E-state index >= 15 is 0 Å². The minimum Gasteiger partial charge on any atom is -0.374 e. The van der Waals surface area contributed by atoms with Gasteiger partial charge in [0.1, 0.15) is 0 Å². The molecule has 2 aromatic carbocycles. The van der Waals surface area contributed by atoms with E-state index < -0.39 is 11.8 Å². The van der Waals surface area contributed by atoms with Crippen LogP contribution in [0.25, 0.3) is 0 Å². The Bertz CT molecular complexity index is 770. The van der Waals surface area contributed by atoms with Crippen LogP contribution >= 0.6 is 0 Å². The Morgan fingerprint density at radius 3 is 2.12 bits per heavy atom. The first kappa shape index (κ1) is 15.9. The number of hydrogen-bond donors (Lipinski definition) is 0. The average Bonchev–Trinajstić information content (AvgIpc) is 2.87. The standard InChI is InChI=1S/C19H15NO4/c1-2-14-7-9-15(10-8-14)13-23-11-12-24-20-18(21)16-5-3-4-6-17(16)19(20)22/h1,3-10H,11-13H2. The number of benzene rings is 2. The molecule has 0 spiro atoms. The van der Waals surface area contributed by atoms with Crippen LogP contribution in [0.4, 0.5) is 0 Å². The van der Waals surface area contributed by atoms with Crippen LogP contribution in [0.1, 0.15) is 31.8 Å². The molecule has 3 rings (SSSR count). The minimum atomic E-state index is -0.444. The molecule has 0 atom stereocenters. The summed E-state index contributed by atoms with van der Waals surface area (Å²) in [5.74, 6) is 1.66. The van der Waals surface area contributed by atoms with Crippen molar-refractivity contribution in [2.24, 2.45) is 0 Å². The third-order valence-corrected chi connectivity index (χ3v) is 3.59. The van der Waals surface area contributed by atoms with Crippen LogP contribution in [0.15, 0.2) is 48.5 Å². The molecular formula is C19H15NO4. The Labute approximate surface area is 139 Å². The number of terminal acetylenes is 1. The number of fused-ring (bicyclic) bond motifs is 1. The normalized spacial score (nSPS) is 13.0. The summed E-state index contributed by atoms with van der Waals surface area (Å²) in [6.45, 7) is 0.758. The fraction of sp³-hybridized carbons (Fsp3) is 0.158. The monoisotopic (exact) mass is 321 g/mol. The van der Waals surface area contributed by atoms with Crippen molar-refractivity contribution in [3.8, 4) is 12.3 Å². The number of hydrogen-bond acceptors (Lipinski definition) is 4. The van der Waals surface area contributed by atoms with E-state index in [4.69, 9.17) is 16.0 Å². The summed E-state index contributed by atoms with van der Waals surface area (Å²) in [5, 5.41) is 0.787. The second-order valence-electron chi connectivity index (χ2n) is 5.18. The fourth-order valence-corrected chi connectivity index (χ4v) is 2.36. The fourth-order valence-electron chi connectivity index (χ4n) is 2.36. The molecule has 0 fully saturated rings. The molecule has 2 aromatic rings. The maximum atomic E-state index is 12.1. The van der Waals surface area contributed by atoms with E-state index in [9.17, 15) is 9.59 Å². The van der Waals surface area contributed by atoms with E-state index in [1.54, 1.807) is 24.3 Å². The molecule has 0 aliphatic carbocycles. The van der Waals surface area contributed by atoms with E-state index in [1.165, 1.54) is 0 Å². The van der Waals surface area contributed by atoms with Crippen molar-refractivity contribution in [2.75, 3.05) is 13.2 Å². The molecule has 1 aliphatic heterocycles. The lowest BCUT2D eigenvalue weighted by Crippen LogP contribution is -2.31. The van der Waals surface area contributed by atoms with Crippen molar-refractivity contribution in [1.82, 2.24) is 5.06 Å². The number of imide groups is 1. The molecular weight excluding hydrogens is 306 g/mol. The van der Waals surface area contributed by atoms with Crippen molar-refractivity contribution in [2.45, 2.75) is 6.61 Å². The highest BCUT2D eigenvalue weighted by Crippen LogP contribution is 2.22. The molecule has 5 nitrogen and oxygen atoms in total. The van der Waals surface area contributed by atoms with Gasteiger partial charge in [-0.2, -0.15) is 0 Å². The summed E-state index contributed by atoms with van der Waals surface area (Å²) in [5.41, 5.74) is 2.51. The summed E-state index contributed by atoms with van der Waals surface area (Å²) in [7, 11) is 0. The quantitative estimate of drug-likeness (QED) is 0.466. The molecule has 5 heteroatoms. The number of ether oxygens (including phenoxy) is 1. The molecule has 2 amide bonds. The number of rotatable bonds is 6. The van der Waals surface area contributed by atoms with E-state index in [1.807, 2.05) is 24.3 Å². The Morgan fingerprint density at radius 2 is 1.54 bits per heavy atom. The summed E-state index contributed by atoms with van der Waals surface area (Å²) in [6.07, 6.45) is 5.30. The van der Waals surface area contributed by atoms with Gasteiger partial charge in [0.2, 0.25) is 0 Å². The molecule has 0 aromatic heterocycles. The number of amides is 2. The van der Waals surface area contributed by atoms with Crippen molar-refractivity contribution in [1.29, 1.82) is 0 Å². The van der Waals surface area contributed by atoms with Gasteiger partial charge in [0, 0.05) is 5.56 Å². The number of carbonyl (C=O) groups excluding carboxylic acids is 2. The molecule has 1 heterocycles. The van der Waals surface area contributed by atoms with Gasteiger partial charge >= 0.3 is 0 Å². The maximum absolute atomic E-state index is 12.1. The van der Waals surface area contributed by atoms with Gasteiger partial charge in [0.05, 0.1) is 30.9 Å². The maximum Gasteiger partial charge on any atom is 0.285 e. The van der Waals surface area contributed by atoms with Crippen LogP contribution in [0.5, 0.6) is 0 Å². The topological polar surface area (TPSA) is 55.8 Å². The van der Waals surface area contributed by atoms with Gasteiger partial charge in [0.15, 0.2) is 0 Å². The van der Waals surface area contributed by atoms with E-state index in [2.05, 4.69) is 5.92 Å². The summed E-state index contributed by atoms with van der Waals surface area (Å²) < 4.78 is 5.47. The second kappa shape index (κ2) is 7.09. The van der Waals surface area contributed by atoms with Gasteiger partial charge in [-0.25, -0.2) is 0 Å². The molecule has 0 radical (unpaired) electrons. The molecule has 0 bridgehead atoms. The van der Waals surface area contributed by atoms with Crippen molar-refractivity contribution in [3.05, 3.63) is 70.8 Å². The molecule has 1 aliphatic rings. The third-order valence-electron chi connectivity index (χ3n) is 3.59. The van der Waals surface area contributed by atoms with Crippen molar-refractivity contribution < 1.29 is 19.2 Å². The summed E-state index contributed by atoms with van der Waals surface area (Å²) in [6, 6.07) is 14.1. The predicted molar refractivity (Wildman–Crippen MR) is 86.9 cm³/mol. The van der Waals surface area contributed by atoms with E-state index in [0.29, 0.717) is 17.7 Å². The molecule has 24 heavy (non-hydrogen) atoms. The van der Waals surface area contributed by atoms with Crippen LogP contribution in [0, 0.1) is 12.3 Å². The van der Waals surface area contributed by atoms with Gasteiger partial charge in [0.25, 0.3) is 11.8 Å². The van der Waals surface area contributed by atoms with Gasteiger partial charge in [-0.3, -0.25) is 14.4 Å². The number of nitrogens with zero attached hydrogens (tertiary/aromatic N) is 1. The van der Waals surface area contributed by atoms with E-state index in [-0.39, 0.29) is 13.2 Å². The minimum absolute atomic E-state index is 0.105. The first-order valence-corrected chi connectivity index (χ1v) is 7.45. The Hall–Kier alpha value is -2.94. The van der Waals surface area contributed by atoms with Crippen molar-refractivity contribution >= 4 is 11.8 Å². The van der Waals surface area contributed by atoms with Crippen molar-refractivity contribution in [3.63, 3.8) is 0 Å². The lowest BCUT2D eigenvalue weighted by molar-refractivity contribution is -0.107. The highest BCUT2D eigenvalue weighted by molar-refractivity contribution is 6.20. The molecule has 0 unspecified atom stereocenters. The van der Waals surface area contributed by atoms with Crippen LogP contribution in [-0.4, -0.2) is 30.1 Å². The second-order valence-corrected chi connectivity index (χ2v) is 5.18. The lowest BCUT2D eigenvalue weighted by Gasteiger charge is -2.13. The van der Waals surface area contributed by atoms with Crippen LogP contribution in [0.3, 0.4) is 0 Å². The number of hydroxylamine groups is 2. The van der Waals surface area contributed by atoms with Gasteiger partial charge in [-0.15, -0.1) is 11.5 Å². The summed E-state index contributed by atoms with van der Waals surface area (Å²) in [4.78, 5) is 29.4.